The second-order valence-electron chi connectivity index (χ2n) is 3.21. The van der Waals surface area contributed by atoms with Gasteiger partial charge in [-0.05, 0) is 6.07 Å². The molecule has 0 aromatic heterocycles. The smallest absolute Gasteiger partial charge is 0.321 e. The molecule has 8 heteroatoms. The minimum Gasteiger partial charge on any atom is -0.495 e. The summed E-state index contributed by atoms with van der Waals surface area (Å²) in [6, 6.07) is 3.36. The number of anilines is 1. The van der Waals surface area contributed by atoms with Crippen molar-refractivity contribution in [3.63, 3.8) is 0 Å². The largest absolute Gasteiger partial charge is 0.495 e. The van der Waals surface area contributed by atoms with Crippen molar-refractivity contribution < 1.29 is 19.2 Å². The van der Waals surface area contributed by atoms with Gasteiger partial charge in [-0.15, -0.1) is 0 Å². The topological polar surface area (TPSA) is 103 Å². The van der Waals surface area contributed by atoms with Crippen molar-refractivity contribution in [2.45, 2.75) is 0 Å². The summed E-state index contributed by atoms with van der Waals surface area (Å²) < 4.78 is 9.65. The molecule has 0 fully saturated rings. The van der Waals surface area contributed by atoms with Crippen LogP contribution in [0.3, 0.4) is 0 Å². The first-order chi connectivity index (χ1) is 8.58. The van der Waals surface area contributed by atoms with Gasteiger partial charge in [-0.1, -0.05) is 0 Å². The van der Waals surface area contributed by atoms with E-state index in [1.807, 2.05) is 0 Å². The molecular formula is C10H13N3O5. The number of nitro groups is 1. The van der Waals surface area contributed by atoms with Gasteiger partial charge in [0, 0.05) is 19.2 Å². The van der Waals surface area contributed by atoms with E-state index in [1.54, 1.807) is 0 Å². The average molecular weight is 255 g/mol. The van der Waals surface area contributed by atoms with Gasteiger partial charge in [0.25, 0.3) is 5.69 Å². The number of carbonyl (C=O) groups excluding carboxylic acids is 1. The van der Waals surface area contributed by atoms with Crippen molar-refractivity contribution in [1.29, 1.82) is 0 Å². The maximum Gasteiger partial charge on any atom is 0.321 e. The minimum atomic E-state index is -0.558. The normalized spacial score (nSPS) is 9.67. The van der Waals surface area contributed by atoms with E-state index in [4.69, 9.17) is 4.74 Å². The zero-order valence-electron chi connectivity index (χ0n) is 9.93. The molecule has 0 saturated heterocycles. The van der Waals surface area contributed by atoms with E-state index in [0.29, 0.717) is 5.75 Å². The summed E-state index contributed by atoms with van der Waals surface area (Å²) in [4.78, 5) is 21.5. The monoisotopic (exact) mass is 255 g/mol. The zero-order chi connectivity index (χ0) is 13.5. The quantitative estimate of drug-likeness (QED) is 0.469. The highest BCUT2D eigenvalue weighted by Crippen LogP contribution is 2.28. The predicted octanol–water partition coefficient (Wildman–Crippen LogP) is 1.33. The van der Waals surface area contributed by atoms with E-state index in [2.05, 4.69) is 15.4 Å². The maximum absolute atomic E-state index is 11.4. The molecule has 0 saturated carbocycles. The molecule has 0 spiro atoms. The number of hydrogen-bond acceptors (Lipinski definition) is 5. The van der Waals surface area contributed by atoms with Crippen LogP contribution in [0.4, 0.5) is 16.2 Å². The van der Waals surface area contributed by atoms with Gasteiger partial charge in [0.15, 0.2) is 0 Å². The lowest BCUT2D eigenvalue weighted by atomic mass is 10.2. The Kier molecular flexibility index (Phi) is 4.88. The number of ether oxygens (including phenoxy) is 2. The molecule has 0 aliphatic rings. The average Bonchev–Trinajstić information content (AvgIpc) is 2.36. The van der Waals surface area contributed by atoms with Crippen molar-refractivity contribution in [2.75, 3.05) is 26.3 Å². The number of hydrogen-bond donors (Lipinski definition) is 2. The van der Waals surface area contributed by atoms with Crippen LogP contribution in [-0.4, -0.2) is 31.9 Å². The van der Waals surface area contributed by atoms with Crippen LogP contribution in [0.25, 0.3) is 0 Å². The van der Waals surface area contributed by atoms with Gasteiger partial charge in [0.05, 0.1) is 17.7 Å². The summed E-state index contributed by atoms with van der Waals surface area (Å²) in [7, 11) is 2.83. The van der Waals surface area contributed by atoms with Gasteiger partial charge < -0.3 is 20.1 Å². The molecule has 0 heterocycles. The molecule has 2 amide bonds. The highest BCUT2D eigenvalue weighted by Gasteiger charge is 2.13. The molecule has 0 bridgehead atoms. The van der Waals surface area contributed by atoms with Gasteiger partial charge >= 0.3 is 6.03 Å². The number of methoxy groups -OCH3 is 2. The van der Waals surface area contributed by atoms with E-state index in [1.165, 1.54) is 32.4 Å². The van der Waals surface area contributed by atoms with Crippen LogP contribution in [0.15, 0.2) is 18.2 Å². The fourth-order valence-corrected chi connectivity index (χ4v) is 1.21. The van der Waals surface area contributed by atoms with Crippen LogP contribution in [0.5, 0.6) is 5.75 Å². The number of carbonyl (C=O) groups is 1. The number of nitrogens with zero attached hydrogens (tertiary/aromatic N) is 1. The van der Waals surface area contributed by atoms with Crippen LogP contribution in [0.2, 0.25) is 0 Å². The summed E-state index contributed by atoms with van der Waals surface area (Å²) in [6.45, 7) is 0.0308. The van der Waals surface area contributed by atoms with Crippen LogP contribution < -0.4 is 15.4 Å². The highest BCUT2D eigenvalue weighted by atomic mass is 16.6. The van der Waals surface area contributed by atoms with E-state index in [0.717, 1.165) is 0 Å². The summed E-state index contributed by atoms with van der Waals surface area (Å²) >= 11 is 0. The molecule has 8 nitrogen and oxygen atoms in total. The van der Waals surface area contributed by atoms with Gasteiger partial charge in [0.2, 0.25) is 0 Å². The van der Waals surface area contributed by atoms with Crippen molar-refractivity contribution in [3.05, 3.63) is 28.3 Å². The molecule has 0 aliphatic heterocycles. The molecular weight excluding hydrogens is 242 g/mol. The van der Waals surface area contributed by atoms with Gasteiger partial charge in [-0.2, -0.15) is 0 Å². The fraction of sp³-hybridized carbons (Fsp3) is 0.300. The second-order valence-corrected chi connectivity index (χ2v) is 3.21. The Morgan fingerprint density at radius 1 is 1.44 bits per heavy atom. The van der Waals surface area contributed by atoms with E-state index in [9.17, 15) is 14.9 Å². The number of nitro benzene ring substituents is 1. The van der Waals surface area contributed by atoms with Gasteiger partial charge in [0.1, 0.15) is 12.5 Å². The molecule has 0 atom stereocenters. The van der Waals surface area contributed by atoms with Gasteiger partial charge in [-0.25, -0.2) is 4.79 Å². The fourth-order valence-electron chi connectivity index (χ4n) is 1.21. The van der Waals surface area contributed by atoms with Crippen molar-refractivity contribution >= 4 is 17.4 Å². The first-order valence-electron chi connectivity index (χ1n) is 4.94. The summed E-state index contributed by atoms with van der Waals surface area (Å²) in [5.41, 5.74) is 0.0677. The second kappa shape index (κ2) is 6.40. The molecule has 0 radical (unpaired) electrons. The lowest BCUT2D eigenvalue weighted by Gasteiger charge is -2.10. The third kappa shape index (κ3) is 3.59. The molecule has 98 valence electrons. The SMILES string of the molecule is COCNC(=O)Nc1cc([N+](=O)[O-])ccc1OC. The van der Waals surface area contributed by atoms with E-state index in [-0.39, 0.29) is 18.1 Å². The Balaban J connectivity index is 2.87. The third-order valence-corrected chi connectivity index (χ3v) is 2.02. The van der Waals surface area contributed by atoms with Crippen molar-refractivity contribution in [2.24, 2.45) is 0 Å². The zero-order valence-corrected chi connectivity index (χ0v) is 9.93. The lowest BCUT2D eigenvalue weighted by molar-refractivity contribution is -0.384. The Labute approximate surface area is 103 Å². The Hall–Kier alpha value is -2.35. The number of nitrogens with one attached hydrogen (secondary N) is 2. The lowest BCUT2D eigenvalue weighted by Crippen LogP contribution is -2.30. The number of non-ortho nitro benzene ring substituents is 1. The number of amides is 2. The number of urea groups is 1. The molecule has 1 aromatic rings. The standard InChI is InChI=1S/C10H13N3O5/c1-17-6-11-10(14)12-8-5-7(13(15)16)3-4-9(8)18-2/h3-5H,6H2,1-2H3,(H2,11,12,14). The highest BCUT2D eigenvalue weighted by molar-refractivity contribution is 5.91. The maximum atomic E-state index is 11.4. The summed E-state index contributed by atoms with van der Waals surface area (Å²) in [5.74, 6) is 0.327. The number of benzene rings is 1. The van der Waals surface area contributed by atoms with Crippen LogP contribution in [-0.2, 0) is 4.74 Å². The molecule has 0 unspecified atom stereocenters. The Morgan fingerprint density at radius 2 is 2.17 bits per heavy atom. The van der Waals surface area contributed by atoms with Crippen LogP contribution in [0.1, 0.15) is 0 Å². The molecule has 2 N–H and O–H groups in total. The summed E-state index contributed by atoms with van der Waals surface area (Å²) in [5, 5.41) is 15.4. The molecule has 18 heavy (non-hydrogen) atoms. The predicted molar refractivity (Wildman–Crippen MR) is 63.7 cm³/mol. The van der Waals surface area contributed by atoms with Crippen LogP contribution in [0, 0.1) is 10.1 Å². The molecule has 1 aromatic carbocycles. The molecule has 1 rings (SSSR count). The Morgan fingerprint density at radius 3 is 2.72 bits per heavy atom. The van der Waals surface area contributed by atoms with Crippen LogP contribution >= 0.6 is 0 Å². The van der Waals surface area contributed by atoms with Crippen molar-refractivity contribution in [3.8, 4) is 5.75 Å². The first-order valence-corrected chi connectivity index (χ1v) is 4.94. The first kappa shape index (κ1) is 13.7. The minimum absolute atomic E-state index is 0.0308. The van der Waals surface area contributed by atoms with Crippen molar-refractivity contribution in [1.82, 2.24) is 5.32 Å². The molecule has 0 aliphatic carbocycles. The van der Waals surface area contributed by atoms with Gasteiger partial charge in [-0.3, -0.25) is 10.1 Å². The third-order valence-electron chi connectivity index (χ3n) is 2.02. The van der Waals surface area contributed by atoms with E-state index < -0.39 is 11.0 Å². The van der Waals surface area contributed by atoms with E-state index >= 15 is 0 Å². The number of rotatable bonds is 5. The summed E-state index contributed by atoms with van der Waals surface area (Å²) in [6.07, 6.45) is 0. The Bertz CT molecular complexity index is 449.